The van der Waals surface area contributed by atoms with Crippen molar-refractivity contribution >= 4 is 35.6 Å². The van der Waals surface area contributed by atoms with Crippen molar-refractivity contribution in [3.8, 4) is 11.1 Å². The summed E-state index contributed by atoms with van der Waals surface area (Å²) in [7, 11) is 1.11. The van der Waals surface area contributed by atoms with Gasteiger partial charge < -0.3 is 29.7 Å². The summed E-state index contributed by atoms with van der Waals surface area (Å²) in [6.45, 7) is 7.01. The van der Waals surface area contributed by atoms with E-state index in [1.165, 1.54) is 4.90 Å². The number of hydrogen-bond donors (Lipinski definition) is 2. The molecule has 3 rings (SSSR count). The number of methoxy groups -OCH3 is 1. The molecule has 2 atom stereocenters. The van der Waals surface area contributed by atoms with Crippen LogP contribution in [0.15, 0.2) is 42.5 Å². The highest BCUT2D eigenvalue weighted by atomic mass is 16.5. The lowest BCUT2D eigenvalue weighted by atomic mass is 9.96. The number of ether oxygens (including phenoxy) is 3. The number of hydrogen-bond acceptors (Lipinski definition) is 9. The van der Waals surface area contributed by atoms with Gasteiger partial charge >= 0.3 is 17.9 Å². The SMILES string of the molecule is COC(=O)[C@H](COC(C)=O)NC(=O)[C@H](COC(C)=O)N1Cc2c(cccc2-c2ccc(C(=O)NC(C)(C)C)cc2)C1=O. The summed E-state index contributed by atoms with van der Waals surface area (Å²) in [6, 6.07) is 9.44. The van der Waals surface area contributed by atoms with E-state index in [2.05, 4.69) is 10.6 Å². The van der Waals surface area contributed by atoms with Crippen molar-refractivity contribution in [3.05, 3.63) is 59.2 Å². The van der Waals surface area contributed by atoms with Crippen LogP contribution in [0.2, 0.25) is 0 Å². The third-order valence-corrected chi connectivity index (χ3v) is 6.32. The smallest absolute Gasteiger partial charge is 0.331 e. The number of carbonyl (C=O) groups is 6. The van der Waals surface area contributed by atoms with E-state index >= 15 is 0 Å². The third-order valence-electron chi connectivity index (χ3n) is 6.32. The van der Waals surface area contributed by atoms with Gasteiger partial charge in [-0.05, 0) is 55.7 Å². The normalized spacial score (nSPS) is 13.9. The van der Waals surface area contributed by atoms with Gasteiger partial charge in [-0.3, -0.25) is 24.0 Å². The first-order valence-electron chi connectivity index (χ1n) is 13.2. The predicted molar refractivity (Wildman–Crippen MR) is 150 cm³/mol. The van der Waals surface area contributed by atoms with Crippen molar-refractivity contribution in [1.29, 1.82) is 0 Å². The van der Waals surface area contributed by atoms with Crippen LogP contribution in [0.1, 0.15) is 60.9 Å². The lowest BCUT2D eigenvalue weighted by Gasteiger charge is -2.28. The van der Waals surface area contributed by atoms with Gasteiger partial charge in [-0.25, -0.2) is 4.79 Å². The molecule has 0 saturated heterocycles. The number of esters is 3. The van der Waals surface area contributed by atoms with Crippen LogP contribution in [-0.4, -0.2) is 78.5 Å². The van der Waals surface area contributed by atoms with Crippen molar-refractivity contribution in [2.45, 2.75) is 58.8 Å². The molecule has 0 unspecified atom stereocenters. The molecule has 0 saturated carbocycles. The van der Waals surface area contributed by atoms with E-state index < -0.39 is 60.6 Å². The zero-order chi connectivity index (χ0) is 31.2. The predicted octanol–water partition coefficient (Wildman–Crippen LogP) is 1.99. The Morgan fingerprint density at radius 1 is 0.905 bits per heavy atom. The number of nitrogens with one attached hydrogen (secondary N) is 2. The first-order valence-corrected chi connectivity index (χ1v) is 13.2. The van der Waals surface area contributed by atoms with Crippen molar-refractivity contribution in [3.63, 3.8) is 0 Å². The van der Waals surface area contributed by atoms with Crippen molar-refractivity contribution in [2.75, 3.05) is 20.3 Å². The molecule has 1 aliphatic rings. The van der Waals surface area contributed by atoms with Gasteiger partial charge in [0, 0.05) is 37.1 Å². The highest BCUT2D eigenvalue weighted by Crippen LogP contribution is 2.34. The molecular formula is C30H35N3O9. The van der Waals surface area contributed by atoms with Gasteiger partial charge in [0.15, 0.2) is 6.04 Å². The zero-order valence-electron chi connectivity index (χ0n) is 24.4. The van der Waals surface area contributed by atoms with Crippen LogP contribution in [0.3, 0.4) is 0 Å². The van der Waals surface area contributed by atoms with E-state index in [-0.39, 0.29) is 12.5 Å². The molecule has 42 heavy (non-hydrogen) atoms. The molecule has 2 aromatic rings. The largest absolute Gasteiger partial charge is 0.467 e. The summed E-state index contributed by atoms with van der Waals surface area (Å²) in [6.07, 6.45) is 0. The topological polar surface area (TPSA) is 157 Å². The summed E-state index contributed by atoms with van der Waals surface area (Å²) in [5.41, 5.74) is 2.55. The first kappa shape index (κ1) is 31.8. The number of nitrogens with zero attached hydrogens (tertiary/aromatic N) is 1. The van der Waals surface area contributed by atoms with Crippen LogP contribution in [0.5, 0.6) is 0 Å². The van der Waals surface area contributed by atoms with Crippen molar-refractivity contribution < 1.29 is 43.0 Å². The van der Waals surface area contributed by atoms with Crippen LogP contribution in [0, 0.1) is 0 Å². The third kappa shape index (κ3) is 7.93. The Bertz CT molecular complexity index is 1380. The molecule has 0 radical (unpaired) electrons. The van der Waals surface area contributed by atoms with Crippen molar-refractivity contribution in [2.24, 2.45) is 0 Å². The zero-order valence-corrected chi connectivity index (χ0v) is 24.4. The van der Waals surface area contributed by atoms with Gasteiger partial charge in [-0.15, -0.1) is 0 Å². The Labute approximate surface area is 243 Å². The number of carbonyl (C=O) groups excluding carboxylic acids is 6. The molecule has 3 amide bonds. The van der Waals surface area contributed by atoms with Gasteiger partial charge in [0.05, 0.1) is 7.11 Å². The summed E-state index contributed by atoms with van der Waals surface area (Å²) >= 11 is 0. The van der Waals surface area contributed by atoms with E-state index in [1.807, 2.05) is 26.8 Å². The maximum absolute atomic E-state index is 13.5. The molecule has 2 N–H and O–H groups in total. The molecule has 224 valence electrons. The lowest BCUT2D eigenvalue weighted by Crippen LogP contribution is -2.55. The molecular weight excluding hydrogens is 546 g/mol. The Morgan fingerprint density at radius 2 is 1.50 bits per heavy atom. The number of benzene rings is 2. The van der Waals surface area contributed by atoms with Crippen LogP contribution in [0.25, 0.3) is 11.1 Å². The number of rotatable bonds is 10. The van der Waals surface area contributed by atoms with E-state index in [9.17, 15) is 28.8 Å². The second-order valence-corrected chi connectivity index (χ2v) is 10.8. The average molecular weight is 582 g/mol. The minimum atomic E-state index is -1.35. The maximum atomic E-state index is 13.5. The fourth-order valence-electron chi connectivity index (χ4n) is 4.37. The second kappa shape index (κ2) is 13.3. The van der Waals surface area contributed by atoms with Crippen LogP contribution in [-0.2, 0) is 39.9 Å². The monoisotopic (exact) mass is 581 g/mol. The number of amides is 3. The molecule has 1 heterocycles. The quantitative estimate of drug-likeness (QED) is 0.316. The summed E-state index contributed by atoms with van der Waals surface area (Å²) < 4.78 is 14.7. The van der Waals surface area contributed by atoms with Crippen LogP contribution in [0.4, 0.5) is 0 Å². The summed E-state index contributed by atoms with van der Waals surface area (Å²) in [5.74, 6) is -3.71. The molecule has 0 spiro atoms. The van der Waals surface area contributed by atoms with E-state index in [4.69, 9.17) is 14.2 Å². The fraction of sp³-hybridized carbons (Fsp3) is 0.400. The van der Waals surface area contributed by atoms with Crippen LogP contribution >= 0.6 is 0 Å². The molecule has 0 aromatic heterocycles. The van der Waals surface area contributed by atoms with Gasteiger partial charge in [0.2, 0.25) is 5.91 Å². The molecule has 12 heteroatoms. The molecule has 2 aromatic carbocycles. The molecule has 0 bridgehead atoms. The molecule has 0 aliphatic carbocycles. The number of fused-ring (bicyclic) bond motifs is 1. The Kier molecular flexibility index (Phi) is 10.1. The van der Waals surface area contributed by atoms with Crippen LogP contribution < -0.4 is 10.6 Å². The van der Waals surface area contributed by atoms with Gasteiger partial charge in [0.1, 0.15) is 19.3 Å². The highest BCUT2D eigenvalue weighted by Gasteiger charge is 2.39. The Balaban J connectivity index is 1.89. The summed E-state index contributed by atoms with van der Waals surface area (Å²) in [5, 5.41) is 5.35. The second-order valence-electron chi connectivity index (χ2n) is 10.8. The van der Waals surface area contributed by atoms with Crippen molar-refractivity contribution in [1.82, 2.24) is 15.5 Å². The van der Waals surface area contributed by atoms with Gasteiger partial charge in [-0.1, -0.05) is 24.3 Å². The average Bonchev–Trinajstić information content (AvgIpc) is 3.25. The fourth-order valence-corrected chi connectivity index (χ4v) is 4.37. The van der Waals surface area contributed by atoms with E-state index in [1.54, 1.807) is 36.4 Å². The Morgan fingerprint density at radius 3 is 2.07 bits per heavy atom. The minimum Gasteiger partial charge on any atom is -0.467 e. The van der Waals surface area contributed by atoms with E-state index in [0.717, 1.165) is 32.1 Å². The lowest BCUT2D eigenvalue weighted by molar-refractivity contribution is -0.153. The Hall–Kier alpha value is -4.74. The van der Waals surface area contributed by atoms with Gasteiger partial charge in [-0.2, -0.15) is 0 Å². The molecule has 12 nitrogen and oxygen atoms in total. The maximum Gasteiger partial charge on any atom is 0.331 e. The molecule has 0 fully saturated rings. The van der Waals surface area contributed by atoms with Gasteiger partial charge in [0.25, 0.3) is 11.8 Å². The molecule has 1 aliphatic heterocycles. The minimum absolute atomic E-state index is 0.00277. The van der Waals surface area contributed by atoms with E-state index in [0.29, 0.717) is 16.7 Å². The first-order chi connectivity index (χ1) is 19.7. The summed E-state index contributed by atoms with van der Waals surface area (Å²) in [4.78, 5) is 75.8. The standard InChI is InChI=1S/C30H35N3O9/c1-17(34)41-15-24(29(39)40-6)31-27(37)25(16-42-18(2)35)33-14-23-21(8-7-9-22(23)28(33)38)19-10-12-20(13-11-19)26(36)32-30(3,4)5/h7-13,24-25H,14-16H2,1-6H3,(H,31,37)(H,32,36)/t24-,25-/m0/s1. The highest BCUT2D eigenvalue weighted by molar-refractivity contribution is 6.03.